The van der Waals surface area contributed by atoms with Crippen LogP contribution in [0.3, 0.4) is 0 Å². The number of anilines is 1. The van der Waals surface area contributed by atoms with E-state index in [0.29, 0.717) is 5.56 Å². The molecule has 0 aromatic heterocycles. The normalized spacial score (nSPS) is 10.2. The number of benzene rings is 2. The van der Waals surface area contributed by atoms with Crippen LogP contribution in [-0.4, -0.2) is 16.3 Å². The molecule has 4 heteroatoms. The first-order valence-corrected chi connectivity index (χ1v) is 7.06. The summed E-state index contributed by atoms with van der Waals surface area (Å²) in [5, 5.41) is 12.9. The van der Waals surface area contributed by atoms with E-state index in [0.717, 1.165) is 17.4 Å². The number of rotatable bonds is 4. The number of hydrogen-bond donors (Lipinski definition) is 2. The van der Waals surface area contributed by atoms with Gasteiger partial charge in [-0.05, 0) is 48.4 Å². The van der Waals surface area contributed by atoms with Crippen LogP contribution in [0.15, 0.2) is 48.5 Å². The van der Waals surface area contributed by atoms with Crippen LogP contribution < -0.4 is 5.32 Å². The van der Waals surface area contributed by atoms with Crippen LogP contribution in [-0.2, 0) is 6.42 Å². The number of carbonyl (C=O) groups is 1. The van der Waals surface area contributed by atoms with Crippen LogP contribution in [0, 0.1) is 0 Å². The van der Waals surface area contributed by atoms with Gasteiger partial charge in [0, 0.05) is 16.6 Å². The van der Waals surface area contributed by atoms with Crippen molar-refractivity contribution >= 4 is 27.5 Å². The van der Waals surface area contributed by atoms with E-state index < -0.39 is 0 Å². The summed E-state index contributed by atoms with van der Waals surface area (Å²) in [5.74, 6) is -0.0380. The van der Waals surface area contributed by atoms with Crippen molar-refractivity contribution in [2.75, 3.05) is 10.6 Å². The minimum absolute atomic E-state index is 0.149. The van der Waals surface area contributed by atoms with E-state index in [1.807, 2.05) is 24.3 Å². The highest BCUT2D eigenvalue weighted by Crippen LogP contribution is 2.14. The largest absolute Gasteiger partial charge is 0.508 e. The molecule has 0 fully saturated rings. The highest BCUT2D eigenvalue weighted by Gasteiger charge is 2.05. The summed E-state index contributed by atoms with van der Waals surface area (Å²) in [7, 11) is 0. The van der Waals surface area contributed by atoms with E-state index in [1.165, 1.54) is 17.7 Å². The number of nitrogens with one attached hydrogen (secondary N) is 1. The molecular formula is C15H14BrNO2. The molecule has 0 aliphatic rings. The molecule has 98 valence electrons. The Balaban J connectivity index is 2.04. The van der Waals surface area contributed by atoms with E-state index in [9.17, 15) is 9.90 Å². The molecule has 2 N–H and O–H groups in total. The predicted octanol–water partition coefficient (Wildman–Crippen LogP) is 3.58. The first-order chi connectivity index (χ1) is 9.19. The Bertz CT molecular complexity index is 549. The Hall–Kier alpha value is -1.81. The van der Waals surface area contributed by atoms with Crippen LogP contribution in [0.5, 0.6) is 5.75 Å². The van der Waals surface area contributed by atoms with E-state index in [4.69, 9.17) is 0 Å². The van der Waals surface area contributed by atoms with Crippen LogP contribution in [0.2, 0.25) is 0 Å². The molecule has 2 rings (SSSR count). The first kappa shape index (κ1) is 13.6. The molecule has 0 spiro atoms. The topological polar surface area (TPSA) is 49.3 Å². The van der Waals surface area contributed by atoms with E-state index >= 15 is 0 Å². The van der Waals surface area contributed by atoms with E-state index in [1.54, 1.807) is 12.1 Å². The minimum atomic E-state index is -0.187. The maximum Gasteiger partial charge on any atom is 0.255 e. The average molecular weight is 320 g/mol. The third-order valence-electron chi connectivity index (χ3n) is 2.72. The molecule has 2 aromatic carbocycles. The fourth-order valence-electron chi connectivity index (χ4n) is 1.68. The number of phenols is 1. The Kier molecular flexibility index (Phi) is 4.58. The Morgan fingerprint density at radius 2 is 1.68 bits per heavy atom. The van der Waals surface area contributed by atoms with Gasteiger partial charge in [0.2, 0.25) is 0 Å². The number of carbonyl (C=O) groups excluding carboxylic acids is 1. The minimum Gasteiger partial charge on any atom is -0.508 e. The lowest BCUT2D eigenvalue weighted by atomic mass is 10.1. The Morgan fingerprint density at radius 3 is 2.26 bits per heavy atom. The second-order valence-electron chi connectivity index (χ2n) is 4.14. The number of phenolic OH excluding ortho intramolecular Hbond substituents is 1. The molecular weight excluding hydrogens is 306 g/mol. The molecule has 0 saturated carbocycles. The van der Waals surface area contributed by atoms with Gasteiger partial charge in [-0.25, -0.2) is 0 Å². The van der Waals surface area contributed by atoms with Gasteiger partial charge < -0.3 is 10.4 Å². The first-order valence-electron chi connectivity index (χ1n) is 5.94. The molecule has 0 saturated heterocycles. The molecule has 19 heavy (non-hydrogen) atoms. The fourth-order valence-corrected chi connectivity index (χ4v) is 2.14. The number of hydrogen-bond acceptors (Lipinski definition) is 2. The molecule has 0 aliphatic heterocycles. The van der Waals surface area contributed by atoms with Crippen molar-refractivity contribution in [3.8, 4) is 5.75 Å². The molecule has 0 atom stereocenters. The zero-order chi connectivity index (χ0) is 13.7. The molecule has 0 unspecified atom stereocenters. The van der Waals surface area contributed by atoms with Gasteiger partial charge in [0.1, 0.15) is 5.75 Å². The van der Waals surface area contributed by atoms with Crippen LogP contribution in [0.1, 0.15) is 15.9 Å². The summed E-state index contributed by atoms with van der Waals surface area (Å²) >= 11 is 3.39. The Morgan fingerprint density at radius 1 is 1.05 bits per heavy atom. The predicted molar refractivity (Wildman–Crippen MR) is 80.0 cm³/mol. The number of amides is 1. The quantitative estimate of drug-likeness (QED) is 0.846. The van der Waals surface area contributed by atoms with Gasteiger partial charge in [0.05, 0.1) is 0 Å². The van der Waals surface area contributed by atoms with Crippen LogP contribution in [0.25, 0.3) is 0 Å². The third-order valence-corrected chi connectivity index (χ3v) is 3.12. The summed E-state index contributed by atoms with van der Waals surface area (Å²) in [4.78, 5) is 11.9. The van der Waals surface area contributed by atoms with Crippen molar-refractivity contribution in [2.45, 2.75) is 6.42 Å². The SMILES string of the molecule is O=C(Nc1ccc(CCBr)cc1)c1ccc(O)cc1. The maximum atomic E-state index is 11.9. The lowest BCUT2D eigenvalue weighted by molar-refractivity contribution is 0.102. The zero-order valence-corrected chi connectivity index (χ0v) is 11.9. The molecule has 3 nitrogen and oxygen atoms in total. The number of halogens is 1. The Labute approximate surface area is 120 Å². The highest BCUT2D eigenvalue weighted by atomic mass is 79.9. The van der Waals surface area contributed by atoms with Crippen molar-refractivity contribution < 1.29 is 9.90 Å². The van der Waals surface area contributed by atoms with Gasteiger partial charge in [-0.15, -0.1) is 0 Å². The fraction of sp³-hybridized carbons (Fsp3) is 0.133. The summed E-state index contributed by atoms with van der Waals surface area (Å²) in [5.41, 5.74) is 2.50. The summed E-state index contributed by atoms with van der Waals surface area (Å²) in [6.07, 6.45) is 0.964. The van der Waals surface area contributed by atoms with Crippen LogP contribution in [0.4, 0.5) is 5.69 Å². The van der Waals surface area contributed by atoms with Gasteiger partial charge in [0.15, 0.2) is 0 Å². The molecule has 1 amide bonds. The molecule has 0 radical (unpaired) electrons. The van der Waals surface area contributed by atoms with Crippen molar-refractivity contribution in [2.24, 2.45) is 0 Å². The van der Waals surface area contributed by atoms with Gasteiger partial charge in [-0.2, -0.15) is 0 Å². The third kappa shape index (κ3) is 3.83. The van der Waals surface area contributed by atoms with Gasteiger partial charge >= 0.3 is 0 Å². The summed E-state index contributed by atoms with van der Waals surface area (Å²) in [6, 6.07) is 13.9. The van der Waals surface area contributed by atoms with E-state index in [2.05, 4.69) is 21.2 Å². The zero-order valence-electron chi connectivity index (χ0n) is 10.3. The van der Waals surface area contributed by atoms with Crippen molar-refractivity contribution in [1.82, 2.24) is 0 Å². The summed E-state index contributed by atoms with van der Waals surface area (Å²) in [6.45, 7) is 0. The average Bonchev–Trinajstić information content (AvgIpc) is 2.42. The van der Waals surface area contributed by atoms with Crippen molar-refractivity contribution in [1.29, 1.82) is 0 Å². The van der Waals surface area contributed by atoms with Crippen molar-refractivity contribution in [3.63, 3.8) is 0 Å². The van der Waals surface area contributed by atoms with E-state index in [-0.39, 0.29) is 11.7 Å². The molecule has 2 aromatic rings. The van der Waals surface area contributed by atoms with Crippen molar-refractivity contribution in [3.05, 3.63) is 59.7 Å². The lowest BCUT2D eigenvalue weighted by Gasteiger charge is -2.06. The second kappa shape index (κ2) is 6.38. The van der Waals surface area contributed by atoms with Crippen LogP contribution >= 0.6 is 15.9 Å². The number of alkyl halides is 1. The molecule has 0 bridgehead atoms. The number of aryl methyl sites for hydroxylation is 1. The number of aromatic hydroxyl groups is 1. The molecule has 0 aliphatic carbocycles. The highest BCUT2D eigenvalue weighted by molar-refractivity contribution is 9.09. The summed E-state index contributed by atoms with van der Waals surface area (Å²) < 4.78 is 0. The van der Waals surface area contributed by atoms with Gasteiger partial charge in [0.25, 0.3) is 5.91 Å². The monoisotopic (exact) mass is 319 g/mol. The maximum absolute atomic E-state index is 11.9. The smallest absolute Gasteiger partial charge is 0.255 e. The standard InChI is InChI=1S/C15H14BrNO2/c16-10-9-11-1-5-13(6-2-11)17-15(19)12-3-7-14(18)8-4-12/h1-8,18H,9-10H2,(H,17,19). The lowest BCUT2D eigenvalue weighted by Crippen LogP contribution is -2.11. The molecule has 0 heterocycles. The van der Waals surface area contributed by atoms with Gasteiger partial charge in [-0.1, -0.05) is 28.1 Å². The van der Waals surface area contributed by atoms with Gasteiger partial charge in [-0.3, -0.25) is 4.79 Å². The second-order valence-corrected chi connectivity index (χ2v) is 4.93.